The van der Waals surface area contributed by atoms with Crippen LogP contribution < -0.4 is 11.1 Å². The zero-order chi connectivity index (χ0) is 13.1. The van der Waals surface area contributed by atoms with E-state index in [0.29, 0.717) is 6.04 Å². The molecule has 1 aliphatic carbocycles. The maximum Gasteiger partial charge on any atom is 0.0672 e. The highest BCUT2D eigenvalue weighted by Gasteiger charge is 2.13. The summed E-state index contributed by atoms with van der Waals surface area (Å²) in [5.74, 6) is 0. The summed E-state index contributed by atoms with van der Waals surface area (Å²) in [5, 5.41) is 11.7. The van der Waals surface area contributed by atoms with Gasteiger partial charge in [0.1, 0.15) is 0 Å². The van der Waals surface area contributed by atoms with Crippen LogP contribution in [0.5, 0.6) is 0 Å². The molecule has 1 heterocycles. The number of nitrogen functional groups attached to an aromatic ring is 1. The van der Waals surface area contributed by atoms with E-state index in [-0.39, 0.29) is 0 Å². The van der Waals surface area contributed by atoms with Gasteiger partial charge in [-0.05, 0) is 25.0 Å². The number of nitrogens with two attached hydrogens (primary N) is 1. The fourth-order valence-corrected chi connectivity index (χ4v) is 2.95. The van der Waals surface area contributed by atoms with Crippen LogP contribution in [-0.2, 0) is 0 Å². The van der Waals surface area contributed by atoms with E-state index in [0.717, 1.165) is 22.3 Å². The third-order valence-electron chi connectivity index (χ3n) is 4.08. The van der Waals surface area contributed by atoms with Gasteiger partial charge in [0, 0.05) is 11.4 Å². The summed E-state index contributed by atoms with van der Waals surface area (Å²) >= 11 is 0. The van der Waals surface area contributed by atoms with E-state index in [4.69, 9.17) is 5.73 Å². The molecule has 1 aliphatic rings. The molecule has 4 heteroatoms. The standard InChI is InChI=1S/C15H22N4/c16-13-8-11-10-17-19-14(11)9-15(13)18-12-6-4-2-1-3-5-7-12/h8-10,12,18H,1-7,16H2,(H,17,19). The predicted octanol–water partition coefficient (Wildman–Crippen LogP) is 3.67. The molecule has 4 nitrogen and oxygen atoms in total. The topological polar surface area (TPSA) is 66.7 Å². The van der Waals surface area contributed by atoms with E-state index in [1.807, 2.05) is 12.3 Å². The molecule has 2 aromatic rings. The third-order valence-corrected chi connectivity index (χ3v) is 4.08. The summed E-state index contributed by atoms with van der Waals surface area (Å²) in [5.41, 5.74) is 9.03. The molecule has 3 rings (SSSR count). The van der Waals surface area contributed by atoms with Crippen LogP contribution in [-0.4, -0.2) is 16.2 Å². The fraction of sp³-hybridized carbons (Fsp3) is 0.533. The summed E-state index contributed by atoms with van der Waals surface area (Å²) < 4.78 is 0. The first-order valence-corrected chi connectivity index (χ1v) is 7.32. The van der Waals surface area contributed by atoms with Crippen molar-refractivity contribution in [1.82, 2.24) is 10.2 Å². The molecule has 0 bridgehead atoms. The lowest BCUT2D eigenvalue weighted by molar-refractivity contribution is 0.471. The minimum absolute atomic E-state index is 0.558. The first-order valence-electron chi connectivity index (χ1n) is 7.32. The van der Waals surface area contributed by atoms with Crippen molar-refractivity contribution in [1.29, 1.82) is 0 Å². The number of hydrogen-bond acceptors (Lipinski definition) is 3. The van der Waals surface area contributed by atoms with Crippen LogP contribution in [0.4, 0.5) is 11.4 Å². The normalized spacial score (nSPS) is 18.1. The Hall–Kier alpha value is -1.71. The van der Waals surface area contributed by atoms with Gasteiger partial charge in [0.2, 0.25) is 0 Å². The van der Waals surface area contributed by atoms with Crippen molar-refractivity contribution in [2.45, 2.75) is 51.0 Å². The van der Waals surface area contributed by atoms with Crippen LogP contribution in [0, 0.1) is 0 Å². The molecule has 1 aromatic heterocycles. The highest BCUT2D eigenvalue weighted by molar-refractivity contribution is 5.88. The van der Waals surface area contributed by atoms with Gasteiger partial charge < -0.3 is 11.1 Å². The predicted molar refractivity (Wildman–Crippen MR) is 80.2 cm³/mol. The monoisotopic (exact) mass is 258 g/mol. The van der Waals surface area contributed by atoms with Crippen molar-refractivity contribution >= 4 is 22.3 Å². The van der Waals surface area contributed by atoms with Gasteiger partial charge in [0.25, 0.3) is 0 Å². The number of aromatic nitrogens is 2. The molecule has 0 aliphatic heterocycles. The van der Waals surface area contributed by atoms with Gasteiger partial charge in [0.15, 0.2) is 0 Å². The molecule has 1 fully saturated rings. The van der Waals surface area contributed by atoms with E-state index >= 15 is 0 Å². The first kappa shape index (κ1) is 12.3. The number of nitrogens with one attached hydrogen (secondary N) is 2. The summed E-state index contributed by atoms with van der Waals surface area (Å²) in [7, 11) is 0. The van der Waals surface area contributed by atoms with Gasteiger partial charge in [-0.1, -0.05) is 32.1 Å². The lowest BCUT2D eigenvalue weighted by Crippen LogP contribution is -2.21. The number of nitrogens with zero attached hydrogens (tertiary/aromatic N) is 1. The first-order chi connectivity index (χ1) is 9.33. The molecule has 0 atom stereocenters. The smallest absolute Gasteiger partial charge is 0.0672 e. The maximum absolute atomic E-state index is 6.13. The van der Waals surface area contributed by atoms with E-state index in [1.54, 1.807) is 0 Å². The number of H-pyrrole nitrogens is 1. The van der Waals surface area contributed by atoms with E-state index in [2.05, 4.69) is 21.6 Å². The molecule has 4 N–H and O–H groups in total. The Labute approximate surface area is 113 Å². The summed E-state index contributed by atoms with van der Waals surface area (Å²) in [4.78, 5) is 0. The number of hydrogen-bond donors (Lipinski definition) is 3. The van der Waals surface area contributed by atoms with Gasteiger partial charge >= 0.3 is 0 Å². The molecular formula is C15H22N4. The quantitative estimate of drug-likeness (QED) is 0.720. The van der Waals surface area contributed by atoms with Crippen LogP contribution in [0.15, 0.2) is 18.3 Å². The van der Waals surface area contributed by atoms with Crippen molar-refractivity contribution < 1.29 is 0 Å². The van der Waals surface area contributed by atoms with Gasteiger partial charge in [-0.3, -0.25) is 5.10 Å². The largest absolute Gasteiger partial charge is 0.397 e. The van der Waals surface area contributed by atoms with Crippen LogP contribution in [0.1, 0.15) is 44.9 Å². The van der Waals surface area contributed by atoms with Crippen molar-refractivity contribution in [2.24, 2.45) is 0 Å². The van der Waals surface area contributed by atoms with Crippen molar-refractivity contribution in [3.63, 3.8) is 0 Å². The highest BCUT2D eigenvalue weighted by atomic mass is 15.1. The molecule has 0 spiro atoms. The summed E-state index contributed by atoms with van der Waals surface area (Å²) in [6.07, 6.45) is 11.1. The molecule has 102 valence electrons. The average Bonchev–Trinajstić information content (AvgIpc) is 2.79. The number of aromatic amines is 1. The Balaban J connectivity index is 1.77. The Morgan fingerprint density at radius 3 is 2.63 bits per heavy atom. The van der Waals surface area contributed by atoms with Crippen molar-refractivity contribution in [3.05, 3.63) is 18.3 Å². The third kappa shape index (κ3) is 2.83. The average molecular weight is 258 g/mol. The Bertz CT molecular complexity index is 538. The fourth-order valence-electron chi connectivity index (χ4n) is 2.95. The zero-order valence-electron chi connectivity index (χ0n) is 11.3. The number of rotatable bonds is 2. The van der Waals surface area contributed by atoms with Gasteiger partial charge in [0.05, 0.1) is 23.1 Å². The highest BCUT2D eigenvalue weighted by Crippen LogP contribution is 2.27. The SMILES string of the molecule is Nc1cc2cn[nH]c2cc1NC1CCCCCCC1. The van der Waals surface area contributed by atoms with Crippen LogP contribution in [0.25, 0.3) is 10.9 Å². The van der Waals surface area contributed by atoms with E-state index in [1.165, 1.54) is 44.9 Å². The van der Waals surface area contributed by atoms with E-state index in [9.17, 15) is 0 Å². The van der Waals surface area contributed by atoms with Crippen LogP contribution >= 0.6 is 0 Å². The molecule has 1 saturated carbocycles. The second kappa shape index (κ2) is 5.51. The van der Waals surface area contributed by atoms with Gasteiger partial charge in [-0.25, -0.2) is 0 Å². The minimum Gasteiger partial charge on any atom is -0.397 e. The zero-order valence-corrected chi connectivity index (χ0v) is 11.3. The van der Waals surface area contributed by atoms with E-state index < -0.39 is 0 Å². The number of anilines is 2. The van der Waals surface area contributed by atoms with Gasteiger partial charge in [-0.2, -0.15) is 5.10 Å². The lowest BCUT2D eigenvalue weighted by Gasteiger charge is -2.23. The molecule has 0 saturated heterocycles. The van der Waals surface area contributed by atoms with Crippen LogP contribution in [0.3, 0.4) is 0 Å². The molecule has 0 radical (unpaired) electrons. The molecule has 1 aromatic carbocycles. The Morgan fingerprint density at radius 2 is 1.84 bits per heavy atom. The lowest BCUT2D eigenvalue weighted by atomic mass is 9.96. The minimum atomic E-state index is 0.558. The Morgan fingerprint density at radius 1 is 1.11 bits per heavy atom. The Kier molecular flexibility index (Phi) is 3.58. The van der Waals surface area contributed by atoms with Crippen molar-refractivity contribution in [2.75, 3.05) is 11.1 Å². The van der Waals surface area contributed by atoms with Crippen LogP contribution in [0.2, 0.25) is 0 Å². The molecular weight excluding hydrogens is 236 g/mol. The van der Waals surface area contributed by atoms with Gasteiger partial charge in [-0.15, -0.1) is 0 Å². The summed E-state index contributed by atoms with van der Waals surface area (Å²) in [6, 6.07) is 4.63. The molecule has 19 heavy (non-hydrogen) atoms. The summed E-state index contributed by atoms with van der Waals surface area (Å²) in [6.45, 7) is 0. The second-order valence-electron chi connectivity index (χ2n) is 5.58. The van der Waals surface area contributed by atoms with Crippen molar-refractivity contribution in [3.8, 4) is 0 Å². The second-order valence-corrected chi connectivity index (χ2v) is 5.58. The maximum atomic E-state index is 6.13. The number of fused-ring (bicyclic) bond motifs is 1. The number of benzene rings is 1. The molecule has 0 unspecified atom stereocenters. The molecule has 0 amide bonds.